The molecule has 0 aliphatic carbocycles. The molecule has 7 heteroatoms. The Hall–Kier alpha value is -3.09. The van der Waals surface area contributed by atoms with Gasteiger partial charge in [0.2, 0.25) is 0 Å². The van der Waals surface area contributed by atoms with Crippen LogP contribution in [0.4, 0.5) is 4.79 Å². The number of hydrogen-bond donors (Lipinski definition) is 3. The molecule has 0 spiro atoms. The zero-order valence-corrected chi connectivity index (χ0v) is 15.5. The van der Waals surface area contributed by atoms with Crippen molar-refractivity contribution in [3.05, 3.63) is 59.9 Å². The molecule has 7 nitrogen and oxygen atoms in total. The number of carboxylic acid groups (broad SMARTS) is 1. The second-order valence-corrected chi connectivity index (χ2v) is 6.28. The van der Waals surface area contributed by atoms with Gasteiger partial charge in [0, 0.05) is 24.2 Å². The zero-order chi connectivity index (χ0) is 19.6. The maximum Gasteiger partial charge on any atom is 0.315 e. The van der Waals surface area contributed by atoms with E-state index in [-0.39, 0.29) is 24.5 Å². The SMILES string of the molecule is COc1cnccc1C(C)NC(=O)NC(CCC(=O)O)Cc1ccccc1. The molecule has 0 fully saturated rings. The monoisotopic (exact) mass is 371 g/mol. The fourth-order valence-corrected chi connectivity index (χ4v) is 2.84. The second-order valence-electron chi connectivity index (χ2n) is 6.28. The van der Waals surface area contributed by atoms with Gasteiger partial charge in [-0.05, 0) is 31.4 Å². The number of nitrogens with one attached hydrogen (secondary N) is 2. The number of aromatic nitrogens is 1. The summed E-state index contributed by atoms with van der Waals surface area (Å²) in [6.45, 7) is 1.85. The minimum Gasteiger partial charge on any atom is -0.495 e. The molecule has 1 heterocycles. The number of hydrogen-bond acceptors (Lipinski definition) is 4. The van der Waals surface area contributed by atoms with Crippen molar-refractivity contribution >= 4 is 12.0 Å². The van der Waals surface area contributed by atoms with Crippen LogP contribution in [0.25, 0.3) is 0 Å². The molecule has 0 radical (unpaired) electrons. The first kappa shape index (κ1) is 20.2. The van der Waals surface area contributed by atoms with Gasteiger partial charge < -0.3 is 20.5 Å². The maximum absolute atomic E-state index is 12.4. The molecule has 2 rings (SSSR count). The summed E-state index contributed by atoms with van der Waals surface area (Å²) in [6, 6.07) is 10.5. The minimum absolute atomic E-state index is 0.00842. The van der Waals surface area contributed by atoms with Gasteiger partial charge in [0.05, 0.1) is 19.3 Å². The zero-order valence-electron chi connectivity index (χ0n) is 15.5. The summed E-state index contributed by atoms with van der Waals surface area (Å²) in [6.07, 6.45) is 4.14. The standard InChI is InChI=1S/C20H25N3O4/c1-14(17-10-11-21-13-18(17)27-2)22-20(26)23-16(8-9-19(24)25)12-15-6-4-3-5-7-15/h3-7,10-11,13-14,16H,8-9,12H2,1-2H3,(H,24,25)(H2,22,23,26). The van der Waals surface area contributed by atoms with Crippen molar-refractivity contribution in [3.8, 4) is 5.75 Å². The van der Waals surface area contributed by atoms with Crippen LogP contribution in [0.5, 0.6) is 5.75 Å². The Balaban J connectivity index is 2.00. The minimum atomic E-state index is -0.884. The molecule has 1 aromatic heterocycles. The van der Waals surface area contributed by atoms with Crippen LogP contribution in [0.2, 0.25) is 0 Å². The predicted molar refractivity (Wildman–Crippen MR) is 102 cm³/mol. The molecule has 2 aromatic rings. The van der Waals surface area contributed by atoms with Crippen molar-refractivity contribution in [2.75, 3.05) is 7.11 Å². The van der Waals surface area contributed by atoms with Gasteiger partial charge in [0.15, 0.2) is 0 Å². The van der Waals surface area contributed by atoms with Crippen LogP contribution < -0.4 is 15.4 Å². The summed E-state index contributed by atoms with van der Waals surface area (Å²) in [7, 11) is 1.55. The number of amides is 2. The van der Waals surface area contributed by atoms with Crippen molar-refractivity contribution in [3.63, 3.8) is 0 Å². The molecule has 1 aromatic carbocycles. The van der Waals surface area contributed by atoms with E-state index in [9.17, 15) is 9.59 Å². The Morgan fingerprint density at radius 1 is 1.19 bits per heavy atom. The van der Waals surface area contributed by atoms with Gasteiger partial charge in [-0.15, -0.1) is 0 Å². The van der Waals surface area contributed by atoms with Gasteiger partial charge in [0.25, 0.3) is 0 Å². The number of nitrogens with zero attached hydrogens (tertiary/aromatic N) is 1. The summed E-state index contributed by atoms with van der Waals surface area (Å²) in [5.74, 6) is -0.290. The van der Waals surface area contributed by atoms with Gasteiger partial charge in [-0.2, -0.15) is 0 Å². The molecule has 0 saturated heterocycles. The van der Waals surface area contributed by atoms with Gasteiger partial charge in [-0.25, -0.2) is 4.79 Å². The maximum atomic E-state index is 12.4. The number of urea groups is 1. The number of aliphatic carboxylic acids is 1. The van der Waals surface area contributed by atoms with E-state index in [0.717, 1.165) is 11.1 Å². The van der Waals surface area contributed by atoms with Crippen LogP contribution in [0.3, 0.4) is 0 Å². The summed E-state index contributed by atoms with van der Waals surface area (Å²) in [4.78, 5) is 27.4. The molecule has 144 valence electrons. The summed E-state index contributed by atoms with van der Waals surface area (Å²) in [5.41, 5.74) is 1.85. The molecule has 27 heavy (non-hydrogen) atoms. The third-order valence-electron chi connectivity index (χ3n) is 4.22. The lowest BCUT2D eigenvalue weighted by Crippen LogP contribution is -2.44. The van der Waals surface area contributed by atoms with Gasteiger partial charge in [-0.3, -0.25) is 9.78 Å². The lowest BCUT2D eigenvalue weighted by molar-refractivity contribution is -0.137. The predicted octanol–water partition coefficient (Wildman–Crippen LogP) is 2.93. The quantitative estimate of drug-likeness (QED) is 0.629. The molecule has 0 aliphatic rings. The summed E-state index contributed by atoms with van der Waals surface area (Å²) >= 11 is 0. The van der Waals surface area contributed by atoms with E-state index < -0.39 is 5.97 Å². The number of ether oxygens (including phenoxy) is 1. The average Bonchev–Trinajstić information content (AvgIpc) is 2.66. The highest BCUT2D eigenvalue weighted by molar-refractivity contribution is 5.75. The first-order valence-corrected chi connectivity index (χ1v) is 8.80. The fourth-order valence-electron chi connectivity index (χ4n) is 2.84. The Morgan fingerprint density at radius 2 is 1.93 bits per heavy atom. The molecular weight excluding hydrogens is 346 g/mol. The van der Waals surface area contributed by atoms with Crippen molar-refractivity contribution < 1.29 is 19.4 Å². The van der Waals surface area contributed by atoms with E-state index in [4.69, 9.17) is 9.84 Å². The second kappa shape index (κ2) is 10.2. The lowest BCUT2D eigenvalue weighted by Gasteiger charge is -2.22. The van der Waals surface area contributed by atoms with Crippen molar-refractivity contribution in [1.82, 2.24) is 15.6 Å². The Bertz CT molecular complexity index is 752. The van der Waals surface area contributed by atoms with Crippen LogP contribution in [0.1, 0.15) is 36.9 Å². The third-order valence-corrected chi connectivity index (χ3v) is 4.22. The molecule has 2 amide bonds. The smallest absolute Gasteiger partial charge is 0.315 e. The highest BCUT2D eigenvalue weighted by atomic mass is 16.5. The number of methoxy groups -OCH3 is 1. The Labute approximate surface area is 158 Å². The topological polar surface area (TPSA) is 101 Å². The van der Waals surface area contributed by atoms with Crippen LogP contribution in [-0.2, 0) is 11.2 Å². The fraction of sp³-hybridized carbons (Fsp3) is 0.350. The van der Waals surface area contributed by atoms with Crippen LogP contribution in [-0.4, -0.2) is 35.2 Å². The van der Waals surface area contributed by atoms with E-state index >= 15 is 0 Å². The Kier molecular flexibility index (Phi) is 7.61. The molecule has 0 saturated carbocycles. The number of carboxylic acids is 1. The first-order valence-electron chi connectivity index (χ1n) is 8.80. The lowest BCUT2D eigenvalue weighted by atomic mass is 10.0. The normalized spacial score (nSPS) is 12.7. The number of benzene rings is 1. The van der Waals surface area contributed by atoms with Crippen LogP contribution in [0, 0.1) is 0 Å². The van der Waals surface area contributed by atoms with E-state index in [0.29, 0.717) is 18.6 Å². The molecule has 0 aliphatic heterocycles. The third kappa shape index (κ3) is 6.62. The van der Waals surface area contributed by atoms with Crippen LogP contribution in [0.15, 0.2) is 48.8 Å². The number of rotatable bonds is 9. The average molecular weight is 371 g/mol. The van der Waals surface area contributed by atoms with Gasteiger partial charge in [0.1, 0.15) is 5.75 Å². The van der Waals surface area contributed by atoms with E-state index in [1.54, 1.807) is 25.6 Å². The number of carbonyl (C=O) groups is 2. The summed E-state index contributed by atoms with van der Waals surface area (Å²) < 4.78 is 5.27. The van der Waals surface area contributed by atoms with Crippen molar-refractivity contribution in [1.29, 1.82) is 0 Å². The molecular formula is C20H25N3O4. The van der Waals surface area contributed by atoms with Gasteiger partial charge >= 0.3 is 12.0 Å². The highest BCUT2D eigenvalue weighted by Gasteiger charge is 2.18. The molecule has 2 unspecified atom stereocenters. The van der Waals surface area contributed by atoms with Crippen LogP contribution >= 0.6 is 0 Å². The first-order chi connectivity index (χ1) is 13.0. The molecule has 3 N–H and O–H groups in total. The molecule has 2 atom stereocenters. The van der Waals surface area contributed by atoms with E-state index in [2.05, 4.69) is 15.6 Å². The molecule has 0 bridgehead atoms. The Morgan fingerprint density at radius 3 is 2.59 bits per heavy atom. The number of carbonyl (C=O) groups excluding carboxylic acids is 1. The van der Waals surface area contributed by atoms with Crippen molar-refractivity contribution in [2.24, 2.45) is 0 Å². The van der Waals surface area contributed by atoms with Gasteiger partial charge in [-0.1, -0.05) is 30.3 Å². The van der Waals surface area contributed by atoms with E-state index in [1.807, 2.05) is 37.3 Å². The number of pyridine rings is 1. The largest absolute Gasteiger partial charge is 0.495 e. The summed E-state index contributed by atoms with van der Waals surface area (Å²) in [5, 5.41) is 14.7. The van der Waals surface area contributed by atoms with Crippen molar-refractivity contribution in [2.45, 2.75) is 38.3 Å². The highest BCUT2D eigenvalue weighted by Crippen LogP contribution is 2.23. The van der Waals surface area contributed by atoms with E-state index in [1.165, 1.54) is 0 Å².